The van der Waals surface area contributed by atoms with Gasteiger partial charge in [0.2, 0.25) is 21.1 Å². The fourth-order valence-electron chi connectivity index (χ4n) is 3.05. The number of carbonyl (C=O) groups excluding carboxylic acids is 1. The number of anilines is 1. The van der Waals surface area contributed by atoms with Crippen LogP contribution in [0.15, 0.2) is 28.6 Å². The third-order valence-electron chi connectivity index (χ3n) is 4.36. The lowest BCUT2D eigenvalue weighted by atomic mass is 9.99. The Hall–Kier alpha value is -1.20. The summed E-state index contributed by atoms with van der Waals surface area (Å²) >= 11 is 8.87. The van der Waals surface area contributed by atoms with Gasteiger partial charge in [0.25, 0.3) is 0 Å². The molecule has 1 aromatic carbocycles. The second-order valence-corrected chi connectivity index (χ2v) is 12.3. The van der Waals surface area contributed by atoms with E-state index in [4.69, 9.17) is 11.6 Å². The van der Waals surface area contributed by atoms with Crippen LogP contribution in [0.2, 0.25) is 5.02 Å². The largest absolute Gasteiger partial charge is 0.300 e. The van der Waals surface area contributed by atoms with Crippen molar-refractivity contribution in [2.75, 3.05) is 18.4 Å². The number of hydrogen-bond donors (Lipinski definition) is 1. The van der Waals surface area contributed by atoms with Crippen LogP contribution in [-0.2, 0) is 20.6 Å². The molecular formula is C18H23ClN4O3S3. The van der Waals surface area contributed by atoms with Crippen molar-refractivity contribution in [1.82, 2.24) is 14.5 Å². The first-order valence-corrected chi connectivity index (χ1v) is 12.9. The molecule has 2 heterocycles. The average Bonchev–Trinajstić information content (AvgIpc) is 3.07. The van der Waals surface area contributed by atoms with Gasteiger partial charge in [-0.05, 0) is 30.5 Å². The maximum atomic E-state index is 12.8. The van der Waals surface area contributed by atoms with Crippen LogP contribution in [0.5, 0.6) is 0 Å². The first-order valence-electron chi connectivity index (χ1n) is 9.26. The van der Waals surface area contributed by atoms with Crippen molar-refractivity contribution in [2.24, 2.45) is 5.92 Å². The van der Waals surface area contributed by atoms with Gasteiger partial charge in [-0.15, -0.1) is 10.2 Å². The fraction of sp³-hybridized carbons (Fsp3) is 0.500. The molecule has 7 nitrogen and oxygen atoms in total. The van der Waals surface area contributed by atoms with Crippen LogP contribution in [-0.4, -0.2) is 47.2 Å². The van der Waals surface area contributed by atoms with Crippen molar-refractivity contribution in [3.8, 4) is 0 Å². The van der Waals surface area contributed by atoms with Gasteiger partial charge in [0.1, 0.15) is 0 Å². The molecule has 1 amide bonds. The molecule has 1 saturated heterocycles. The van der Waals surface area contributed by atoms with Crippen molar-refractivity contribution >= 4 is 55.8 Å². The maximum absolute atomic E-state index is 12.8. The lowest BCUT2D eigenvalue weighted by Gasteiger charge is -2.31. The van der Waals surface area contributed by atoms with Crippen LogP contribution in [0.3, 0.4) is 0 Å². The first-order chi connectivity index (χ1) is 13.7. The molecule has 3 rings (SSSR count). The zero-order valence-electron chi connectivity index (χ0n) is 16.2. The highest BCUT2D eigenvalue weighted by Gasteiger charge is 2.32. The van der Waals surface area contributed by atoms with E-state index >= 15 is 0 Å². The van der Waals surface area contributed by atoms with Crippen molar-refractivity contribution in [2.45, 2.75) is 42.0 Å². The summed E-state index contributed by atoms with van der Waals surface area (Å²) in [5.74, 6) is -0.762. The van der Waals surface area contributed by atoms with Crippen LogP contribution in [0.25, 0.3) is 0 Å². The van der Waals surface area contributed by atoms with Gasteiger partial charge in [0.15, 0.2) is 4.34 Å². The topological polar surface area (TPSA) is 92.3 Å². The SMILES string of the molecule is CC(C)Sc1nnc(NC(=O)C2CCCN(S(=O)(=O)Cc3cccc(Cl)c3)C2)s1. The lowest BCUT2D eigenvalue weighted by molar-refractivity contribution is -0.120. The highest BCUT2D eigenvalue weighted by atomic mass is 35.5. The molecule has 29 heavy (non-hydrogen) atoms. The van der Waals surface area contributed by atoms with Crippen molar-refractivity contribution < 1.29 is 13.2 Å². The first kappa shape index (κ1) is 22.5. The summed E-state index contributed by atoms with van der Waals surface area (Å²) in [6.45, 7) is 4.71. The predicted octanol–water partition coefficient (Wildman–Crippen LogP) is 3.87. The molecule has 1 N–H and O–H groups in total. The van der Waals surface area contributed by atoms with E-state index in [9.17, 15) is 13.2 Å². The van der Waals surface area contributed by atoms with Gasteiger partial charge >= 0.3 is 0 Å². The summed E-state index contributed by atoms with van der Waals surface area (Å²) in [5, 5.41) is 12.2. The molecule has 2 aromatic rings. The van der Waals surface area contributed by atoms with E-state index in [1.807, 2.05) is 0 Å². The van der Waals surface area contributed by atoms with Crippen molar-refractivity contribution in [1.29, 1.82) is 0 Å². The molecule has 158 valence electrons. The number of rotatable bonds is 7. The van der Waals surface area contributed by atoms with Gasteiger partial charge in [0, 0.05) is 23.4 Å². The van der Waals surface area contributed by atoms with Gasteiger partial charge in [0.05, 0.1) is 11.7 Å². The Morgan fingerprint density at radius 2 is 2.21 bits per heavy atom. The minimum atomic E-state index is -3.54. The number of thioether (sulfide) groups is 1. The third kappa shape index (κ3) is 6.39. The van der Waals surface area contributed by atoms with E-state index in [2.05, 4.69) is 29.4 Å². The number of carbonyl (C=O) groups is 1. The summed E-state index contributed by atoms with van der Waals surface area (Å²) in [5.41, 5.74) is 0.633. The monoisotopic (exact) mass is 474 g/mol. The van der Waals surface area contributed by atoms with E-state index in [-0.39, 0.29) is 18.2 Å². The molecule has 1 aliphatic heterocycles. The number of hydrogen-bond acceptors (Lipinski definition) is 7. The number of piperidine rings is 1. The van der Waals surface area contributed by atoms with Gasteiger partial charge in [-0.3, -0.25) is 4.79 Å². The number of halogens is 1. The summed E-state index contributed by atoms with van der Waals surface area (Å²) in [4.78, 5) is 12.7. The lowest BCUT2D eigenvalue weighted by Crippen LogP contribution is -2.44. The molecule has 11 heteroatoms. The van der Waals surface area contributed by atoms with E-state index in [1.54, 1.807) is 36.0 Å². The van der Waals surface area contributed by atoms with Gasteiger partial charge < -0.3 is 5.32 Å². The molecule has 1 unspecified atom stereocenters. The second-order valence-electron chi connectivity index (χ2n) is 7.11. The second kappa shape index (κ2) is 9.74. The molecule has 0 saturated carbocycles. The number of benzene rings is 1. The third-order valence-corrected chi connectivity index (χ3v) is 8.34. The number of aromatic nitrogens is 2. The highest BCUT2D eigenvalue weighted by molar-refractivity contribution is 8.01. The highest BCUT2D eigenvalue weighted by Crippen LogP contribution is 2.29. The predicted molar refractivity (Wildman–Crippen MR) is 118 cm³/mol. The minimum Gasteiger partial charge on any atom is -0.300 e. The summed E-state index contributed by atoms with van der Waals surface area (Å²) in [6, 6.07) is 6.82. The van der Waals surface area contributed by atoms with E-state index in [0.29, 0.717) is 40.4 Å². The van der Waals surface area contributed by atoms with Gasteiger partial charge in [-0.1, -0.05) is 60.7 Å². The molecule has 1 atom stereocenters. The van der Waals surface area contributed by atoms with Gasteiger partial charge in [-0.25, -0.2) is 12.7 Å². The molecule has 1 aromatic heterocycles. The Kier molecular flexibility index (Phi) is 7.55. The molecule has 1 fully saturated rings. The molecule has 1 aliphatic rings. The summed E-state index contributed by atoms with van der Waals surface area (Å²) < 4.78 is 27.9. The van der Waals surface area contributed by atoms with Crippen LogP contribution < -0.4 is 5.32 Å². The zero-order valence-corrected chi connectivity index (χ0v) is 19.4. The van der Waals surface area contributed by atoms with E-state index in [1.165, 1.54) is 15.6 Å². The molecule has 0 bridgehead atoms. The van der Waals surface area contributed by atoms with Crippen LogP contribution >= 0.6 is 34.7 Å². The Morgan fingerprint density at radius 3 is 2.93 bits per heavy atom. The van der Waals surface area contributed by atoms with Crippen molar-refractivity contribution in [3.05, 3.63) is 34.9 Å². The zero-order chi connectivity index (χ0) is 21.0. The smallest absolute Gasteiger partial charge is 0.230 e. The number of nitrogens with zero attached hydrogens (tertiary/aromatic N) is 3. The quantitative estimate of drug-likeness (QED) is 0.483. The Labute approximate surface area is 184 Å². The molecule has 0 aliphatic carbocycles. The number of sulfonamides is 1. The standard InChI is InChI=1S/C18H23ClN4O3S3/c1-12(2)27-18-22-21-17(28-18)20-16(24)14-6-4-8-23(10-14)29(25,26)11-13-5-3-7-15(19)9-13/h3,5,7,9,12,14H,4,6,8,10-11H2,1-2H3,(H,20,21,24). The van der Waals surface area contributed by atoms with Crippen LogP contribution in [0, 0.1) is 5.92 Å². The average molecular weight is 475 g/mol. The maximum Gasteiger partial charge on any atom is 0.230 e. The Balaban J connectivity index is 1.62. The molecule has 0 radical (unpaired) electrons. The minimum absolute atomic E-state index is 0.131. The molecular weight excluding hydrogens is 452 g/mol. The number of amides is 1. The van der Waals surface area contributed by atoms with Crippen LogP contribution in [0.4, 0.5) is 5.13 Å². The van der Waals surface area contributed by atoms with Gasteiger partial charge in [-0.2, -0.15) is 0 Å². The Bertz CT molecular complexity index is 965. The van der Waals surface area contributed by atoms with Crippen LogP contribution in [0.1, 0.15) is 32.3 Å². The fourth-order valence-corrected chi connectivity index (χ4v) is 6.84. The summed E-state index contributed by atoms with van der Waals surface area (Å²) in [7, 11) is -3.54. The normalized spacial score (nSPS) is 18.1. The summed E-state index contributed by atoms with van der Waals surface area (Å²) in [6.07, 6.45) is 1.28. The molecule has 0 spiro atoms. The van der Waals surface area contributed by atoms with Crippen molar-refractivity contribution in [3.63, 3.8) is 0 Å². The Morgan fingerprint density at radius 1 is 1.41 bits per heavy atom. The number of nitrogens with one attached hydrogen (secondary N) is 1. The van der Waals surface area contributed by atoms with E-state index in [0.717, 1.165) is 4.34 Å². The van der Waals surface area contributed by atoms with E-state index < -0.39 is 15.9 Å².